The van der Waals surface area contributed by atoms with Crippen LogP contribution in [0.5, 0.6) is 23.0 Å². The Bertz CT molecular complexity index is 872. The molecule has 1 aliphatic heterocycles. The minimum Gasteiger partial charge on any atom is -0.487 e. The predicted molar refractivity (Wildman–Crippen MR) is 132 cm³/mol. The van der Waals surface area contributed by atoms with E-state index in [1.807, 2.05) is 0 Å². The van der Waals surface area contributed by atoms with Crippen molar-refractivity contribution in [2.24, 2.45) is 0 Å². The topological polar surface area (TPSA) is 170 Å². The van der Waals surface area contributed by atoms with E-state index in [0.29, 0.717) is 0 Å². The number of para-hydroxylation sites is 4. The molecule has 0 saturated heterocycles. The monoisotopic (exact) mass is 584 g/mol. The Kier molecular flexibility index (Phi) is 21.2. The van der Waals surface area contributed by atoms with Gasteiger partial charge in [0.1, 0.15) is 38.6 Å². The van der Waals surface area contributed by atoms with Gasteiger partial charge < -0.3 is 38.5 Å². The smallest absolute Gasteiger partial charge is 0.470 e. The molecule has 0 aromatic heterocycles. The van der Waals surface area contributed by atoms with Crippen LogP contribution in [0.15, 0.2) is 48.5 Å². The maximum atomic E-state index is 11.4. The second-order valence-electron chi connectivity index (χ2n) is 6.57. The Hall–Kier alpha value is 1.86. The standard InChI is InChI=1S/C18H22O12P2.4Na/c19-31(20,21)29-13-9-25-15-5-1-2-6-16(15)26-10-14(30-32(22,23)24)12-28-18-8-4-3-7-17(18)27-11-13;;;;/h1-8,13-14H,9-12H2,(H2,19,20,21)(H2,22,23,24);;;;. The van der Waals surface area contributed by atoms with Gasteiger partial charge in [0.2, 0.25) is 0 Å². The Morgan fingerprint density at radius 3 is 0.972 bits per heavy atom. The Morgan fingerprint density at radius 2 is 0.778 bits per heavy atom. The fourth-order valence-corrected chi connectivity index (χ4v) is 3.73. The summed E-state index contributed by atoms with van der Waals surface area (Å²) in [6.07, 6.45) is -2.30. The van der Waals surface area contributed by atoms with Crippen molar-refractivity contribution in [2.75, 3.05) is 26.4 Å². The van der Waals surface area contributed by atoms with E-state index in [0.717, 1.165) is 0 Å². The van der Waals surface area contributed by atoms with E-state index in [4.69, 9.17) is 28.0 Å². The maximum Gasteiger partial charge on any atom is 0.470 e. The summed E-state index contributed by atoms with van der Waals surface area (Å²) in [4.78, 5) is 36.8. The first-order chi connectivity index (χ1) is 15.1. The molecule has 0 bridgehead atoms. The third-order valence-corrected chi connectivity index (χ3v) is 5.12. The van der Waals surface area contributed by atoms with Crippen LogP contribution in [0.4, 0.5) is 0 Å². The molecule has 4 radical (unpaired) electrons. The molecule has 1 aliphatic rings. The van der Waals surface area contributed by atoms with Crippen LogP contribution >= 0.6 is 15.6 Å². The van der Waals surface area contributed by atoms with E-state index in [1.54, 1.807) is 48.5 Å². The molecule has 2 aromatic rings. The molecule has 0 atom stereocenters. The summed E-state index contributed by atoms with van der Waals surface area (Å²) < 4.78 is 54.7. The number of phosphoric acid groups is 2. The number of ether oxygens (including phenoxy) is 4. The number of hydrogen-bond acceptors (Lipinski definition) is 8. The zero-order valence-electron chi connectivity index (χ0n) is 20.6. The summed E-state index contributed by atoms with van der Waals surface area (Å²) in [5.41, 5.74) is 0. The summed E-state index contributed by atoms with van der Waals surface area (Å²) in [6, 6.07) is 12.7. The Morgan fingerprint density at radius 1 is 0.556 bits per heavy atom. The van der Waals surface area contributed by atoms with Crippen LogP contribution in [0.3, 0.4) is 0 Å². The molecule has 0 saturated carbocycles. The molecule has 2 aromatic carbocycles. The predicted octanol–water partition coefficient (Wildman–Crippen LogP) is 0.348. The minimum absolute atomic E-state index is 0. The van der Waals surface area contributed by atoms with Crippen molar-refractivity contribution < 1.29 is 56.7 Å². The van der Waals surface area contributed by atoms with Gasteiger partial charge in [-0.1, -0.05) is 24.3 Å². The average molecular weight is 584 g/mol. The van der Waals surface area contributed by atoms with E-state index >= 15 is 0 Å². The molecule has 180 valence electrons. The van der Waals surface area contributed by atoms with Crippen molar-refractivity contribution in [2.45, 2.75) is 12.2 Å². The van der Waals surface area contributed by atoms with Gasteiger partial charge in [0, 0.05) is 118 Å². The number of rotatable bonds is 4. The van der Waals surface area contributed by atoms with Gasteiger partial charge in [0.05, 0.1) is 0 Å². The average Bonchev–Trinajstić information content (AvgIpc) is 2.71. The van der Waals surface area contributed by atoms with E-state index < -0.39 is 27.9 Å². The van der Waals surface area contributed by atoms with Gasteiger partial charge in [-0.25, -0.2) is 9.13 Å². The third-order valence-electron chi connectivity index (χ3n) is 3.97. The molecule has 36 heavy (non-hydrogen) atoms. The van der Waals surface area contributed by atoms with Crippen molar-refractivity contribution in [3.63, 3.8) is 0 Å². The number of phosphoric ester groups is 2. The van der Waals surface area contributed by atoms with Crippen molar-refractivity contribution in [1.82, 2.24) is 0 Å². The van der Waals surface area contributed by atoms with E-state index in [9.17, 15) is 28.7 Å². The van der Waals surface area contributed by atoms with Crippen LogP contribution in [0.1, 0.15) is 0 Å². The van der Waals surface area contributed by atoms with Crippen LogP contribution in [0.2, 0.25) is 0 Å². The van der Waals surface area contributed by atoms with Crippen LogP contribution in [-0.4, -0.2) is 176 Å². The molecule has 1 heterocycles. The van der Waals surface area contributed by atoms with Gasteiger partial charge in [-0.2, -0.15) is 0 Å². The molecular formula is C18H22Na4O12P2. The second-order valence-corrected chi connectivity index (χ2v) is 8.96. The number of hydrogen-bond donors (Lipinski definition) is 4. The summed E-state index contributed by atoms with van der Waals surface area (Å²) in [6.45, 7) is -1.18. The molecule has 0 amide bonds. The zero-order valence-corrected chi connectivity index (χ0v) is 30.3. The molecule has 18 heteroatoms. The van der Waals surface area contributed by atoms with E-state index in [-0.39, 0.29) is 168 Å². The summed E-state index contributed by atoms with van der Waals surface area (Å²) >= 11 is 0. The third kappa shape index (κ3) is 15.0. The number of fused-ring (bicyclic) bond motifs is 2. The quantitative estimate of drug-likeness (QED) is 0.288. The van der Waals surface area contributed by atoms with Gasteiger partial charge in [0.15, 0.2) is 23.0 Å². The summed E-state index contributed by atoms with van der Waals surface area (Å²) in [5.74, 6) is 0.834. The normalized spacial score (nSPS) is 18.0. The van der Waals surface area contributed by atoms with E-state index in [1.165, 1.54) is 0 Å². The van der Waals surface area contributed by atoms with Crippen molar-refractivity contribution in [3.8, 4) is 23.0 Å². The van der Waals surface area contributed by atoms with Crippen molar-refractivity contribution >= 4 is 134 Å². The van der Waals surface area contributed by atoms with Crippen LogP contribution in [-0.2, 0) is 18.2 Å². The van der Waals surface area contributed by atoms with Gasteiger partial charge in [-0.05, 0) is 24.3 Å². The molecule has 0 unspecified atom stereocenters. The van der Waals surface area contributed by atoms with Crippen molar-refractivity contribution in [1.29, 1.82) is 0 Å². The van der Waals surface area contributed by atoms with Crippen LogP contribution in [0.25, 0.3) is 0 Å². The molecule has 3 rings (SSSR count). The first-order valence-electron chi connectivity index (χ1n) is 9.26. The van der Waals surface area contributed by atoms with Gasteiger partial charge in [0.25, 0.3) is 0 Å². The van der Waals surface area contributed by atoms with Gasteiger partial charge >= 0.3 is 15.6 Å². The zero-order chi connectivity index (χ0) is 23.2. The minimum atomic E-state index is -4.84. The number of benzene rings is 2. The molecule has 0 aliphatic carbocycles. The fourth-order valence-electron chi connectivity index (χ4n) is 2.71. The Balaban J connectivity index is 0. The summed E-state index contributed by atoms with van der Waals surface area (Å²) in [5, 5.41) is 0. The summed E-state index contributed by atoms with van der Waals surface area (Å²) in [7, 11) is -9.68. The van der Waals surface area contributed by atoms with Gasteiger partial charge in [-0.3, -0.25) is 9.05 Å². The first kappa shape index (κ1) is 40.0. The van der Waals surface area contributed by atoms with Gasteiger partial charge in [-0.15, -0.1) is 0 Å². The second kappa shape index (κ2) is 19.1. The van der Waals surface area contributed by atoms with Crippen molar-refractivity contribution in [3.05, 3.63) is 48.5 Å². The maximum absolute atomic E-state index is 11.4. The molecular weight excluding hydrogens is 562 g/mol. The SMILES string of the molecule is O=P(O)(O)OC1COc2ccccc2OCC(OP(=O)(O)O)COc2ccccc2OC1.[Na].[Na].[Na].[Na]. The fraction of sp³-hybridized carbons (Fsp3) is 0.333. The van der Waals surface area contributed by atoms with Crippen LogP contribution in [0, 0.1) is 0 Å². The Labute approximate surface area is 296 Å². The van der Waals surface area contributed by atoms with E-state index in [2.05, 4.69) is 0 Å². The largest absolute Gasteiger partial charge is 0.487 e. The molecule has 0 spiro atoms. The molecule has 12 nitrogen and oxygen atoms in total. The molecule has 0 fully saturated rings. The van der Waals surface area contributed by atoms with Crippen LogP contribution < -0.4 is 18.9 Å². The first-order valence-corrected chi connectivity index (χ1v) is 12.3. The molecule has 4 N–H and O–H groups in total.